The first kappa shape index (κ1) is 23.5. The third-order valence-electron chi connectivity index (χ3n) is 5.58. The lowest BCUT2D eigenvalue weighted by molar-refractivity contribution is 0.157. The van der Waals surface area contributed by atoms with Crippen molar-refractivity contribution in [3.05, 3.63) is 87.5 Å². The zero-order chi connectivity index (χ0) is 23.5. The van der Waals surface area contributed by atoms with E-state index in [9.17, 15) is 4.79 Å². The van der Waals surface area contributed by atoms with E-state index in [2.05, 4.69) is 4.57 Å². The Morgan fingerprint density at radius 3 is 2.30 bits per heavy atom. The highest BCUT2D eigenvalue weighted by molar-refractivity contribution is 6.35. The van der Waals surface area contributed by atoms with Crippen LogP contribution in [0.4, 0.5) is 4.79 Å². The molecule has 7 heteroatoms. The summed E-state index contributed by atoms with van der Waals surface area (Å²) < 4.78 is 7.96. The lowest BCUT2D eigenvalue weighted by atomic mass is 10.0. The molecule has 0 N–H and O–H groups in total. The number of nitrogens with zero attached hydrogens (tertiary/aromatic N) is 2. The molecule has 33 heavy (non-hydrogen) atoms. The molecule has 1 amide bonds. The van der Waals surface area contributed by atoms with Crippen LogP contribution in [0.3, 0.4) is 0 Å². The second-order valence-electron chi connectivity index (χ2n) is 7.60. The molecule has 0 saturated heterocycles. The number of benzene rings is 3. The van der Waals surface area contributed by atoms with Gasteiger partial charge < -0.3 is 14.2 Å². The zero-order valence-electron chi connectivity index (χ0n) is 18.3. The van der Waals surface area contributed by atoms with Crippen LogP contribution in [-0.4, -0.2) is 28.6 Å². The first-order chi connectivity index (χ1) is 15.9. The molecule has 3 aromatic carbocycles. The maximum Gasteiger partial charge on any atom is 0.415 e. The van der Waals surface area contributed by atoms with Crippen molar-refractivity contribution >= 4 is 51.8 Å². The summed E-state index contributed by atoms with van der Waals surface area (Å²) in [4.78, 5) is 14.4. The number of carbonyl (C=O) groups excluding carboxylic acids is 1. The summed E-state index contributed by atoms with van der Waals surface area (Å²) in [6.45, 7) is 5.56. The van der Waals surface area contributed by atoms with Gasteiger partial charge in [-0.25, -0.2) is 4.79 Å². The maximum atomic E-state index is 12.7. The van der Waals surface area contributed by atoms with Crippen LogP contribution in [0.25, 0.3) is 22.0 Å². The molecule has 0 aliphatic rings. The van der Waals surface area contributed by atoms with Crippen LogP contribution < -0.4 is 4.74 Å². The molecule has 0 saturated carbocycles. The van der Waals surface area contributed by atoms with Gasteiger partial charge in [-0.1, -0.05) is 53.0 Å². The molecule has 0 radical (unpaired) electrons. The third-order valence-corrected chi connectivity index (χ3v) is 6.39. The Bertz CT molecular complexity index is 1290. The average Bonchev–Trinajstić information content (AvgIpc) is 3.18. The molecule has 0 unspecified atom stereocenters. The third kappa shape index (κ3) is 4.98. The molecular weight excluding hydrogens is 479 g/mol. The molecule has 0 spiro atoms. The number of fused-ring (bicyclic) bond motifs is 1. The Kier molecular flexibility index (Phi) is 7.18. The Labute approximate surface area is 208 Å². The predicted octanol–water partition coefficient (Wildman–Crippen LogP) is 8.16. The van der Waals surface area contributed by atoms with Gasteiger partial charge in [0.2, 0.25) is 0 Å². The van der Waals surface area contributed by atoms with Crippen molar-refractivity contribution in [1.29, 1.82) is 0 Å². The Balaban J connectivity index is 1.86. The second kappa shape index (κ2) is 10.1. The van der Waals surface area contributed by atoms with E-state index < -0.39 is 6.09 Å². The zero-order valence-corrected chi connectivity index (χ0v) is 20.6. The largest absolute Gasteiger partial charge is 0.415 e. The molecule has 0 bridgehead atoms. The standard InChI is InChI=1S/C26H23Cl3N2O2/c1-3-30(4-2)26(32)33-24-10-9-23-21(25(24)18-13-19(27)15-20(28)14-18)11-12-31(23)16-17-7-5-6-8-22(17)29/h5-15H,3-4,16H2,1-2H3. The normalized spacial score (nSPS) is 11.1. The number of hydrogen-bond acceptors (Lipinski definition) is 2. The molecule has 0 fully saturated rings. The summed E-state index contributed by atoms with van der Waals surface area (Å²) in [7, 11) is 0. The predicted molar refractivity (Wildman–Crippen MR) is 137 cm³/mol. The van der Waals surface area contributed by atoms with Gasteiger partial charge in [0.05, 0.1) is 0 Å². The topological polar surface area (TPSA) is 34.5 Å². The van der Waals surface area contributed by atoms with Gasteiger partial charge in [0.15, 0.2) is 0 Å². The van der Waals surface area contributed by atoms with Crippen LogP contribution in [0.15, 0.2) is 66.9 Å². The van der Waals surface area contributed by atoms with Gasteiger partial charge >= 0.3 is 6.09 Å². The number of carbonyl (C=O) groups is 1. The first-order valence-electron chi connectivity index (χ1n) is 10.7. The molecule has 4 nitrogen and oxygen atoms in total. The van der Waals surface area contributed by atoms with Crippen LogP contribution in [0, 0.1) is 0 Å². The Hall–Kier alpha value is -2.66. The van der Waals surface area contributed by atoms with Gasteiger partial charge in [0.25, 0.3) is 0 Å². The van der Waals surface area contributed by atoms with Crippen molar-refractivity contribution < 1.29 is 9.53 Å². The lowest BCUT2D eigenvalue weighted by Gasteiger charge is -2.20. The molecular formula is C26H23Cl3N2O2. The van der Waals surface area contributed by atoms with E-state index in [0.717, 1.165) is 27.6 Å². The average molecular weight is 502 g/mol. The van der Waals surface area contributed by atoms with Crippen LogP contribution in [0.2, 0.25) is 15.1 Å². The highest BCUT2D eigenvalue weighted by Crippen LogP contribution is 2.40. The summed E-state index contributed by atoms with van der Waals surface area (Å²) >= 11 is 19.0. The number of amides is 1. The molecule has 1 aromatic heterocycles. The fourth-order valence-electron chi connectivity index (χ4n) is 3.92. The van der Waals surface area contributed by atoms with Gasteiger partial charge in [-0.05, 0) is 67.4 Å². The Morgan fingerprint density at radius 2 is 1.64 bits per heavy atom. The van der Waals surface area contributed by atoms with E-state index in [1.807, 2.05) is 74.6 Å². The minimum Gasteiger partial charge on any atom is -0.410 e. The number of aromatic nitrogens is 1. The monoisotopic (exact) mass is 500 g/mol. The molecule has 4 rings (SSSR count). The van der Waals surface area contributed by atoms with Gasteiger partial charge in [-0.2, -0.15) is 0 Å². The highest BCUT2D eigenvalue weighted by atomic mass is 35.5. The summed E-state index contributed by atoms with van der Waals surface area (Å²) in [5, 5.41) is 2.65. The van der Waals surface area contributed by atoms with Crippen molar-refractivity contribution in [2.75, 3.05) is 13.1 Å². The van der Waals surface area contributed by atoms with Gasteiger partial charge in [0.1, 0.15) is 5.75 Å². The smallest absolute Gasteiger partial charge is 0.410 e. The quantitative estimate of drug-likeness (QED) is 0.267. The van der Waals surface area contributed by atoms with Crippen molar-refractivity contribution in [3.8, 4) is 16.9 Å². The van der Waals surface area contributed by atoms with E-state index >= 15 is 0 Å². The lowest BCUT2D eigenvalue weighted by Crippen LogP contribution is -2.33. The van der Waals surface area contributed by atoms with Gasteiger partial charge in [-0.15, -0.1) is 0 Å². The molecule has 4 aromatic rings. The van der Waals surface area contributed by atoms with Crippen LogP contribution >= 0.6 is 34.8 Å². The second-order valence-corrected chi connectivity index (χ2v) is 8.89. The van der Waals surface area contributed by atoms with E-state index in [-0.39, 0.29) is 0 Å². The summed E-state index contributed by atoms with van der Waals surface area (Å²) in [6, 6.07) is 18.9. The van der Waals surface area contributed by atoms with E-state index in [1.165, 1.54) is 0 Å². The van der Waals surface area contributed by atoms with E-state index in [4.69, 9.17) is 39.5 Å². The summed E-state index contributed by atoms with van der Waals surface area (Å²) in [5.41, 5.74) is 3.52. The van der Waals surface area contributed by atoms with Gasteiger partial charge in [0, 0.05) is 57.4 Å². The number of hydrogen-bond donors (Lipinski definition) is 0. The van der Waals surface area contributed by atoms with E-state index in [1.54, 1.807) is 11.0 Å². The van der Waals surface area contributed by atoms with Gasteiger partial charge in [-0.3, -0.25) is 0 Å². The van der Waals surface area contributed by atoms with E-state index in [0.29, 0.717) is 40.5 Å². The summed E-state index contributed by atoms with van der Waals surface area (Å²) in [6.07, 6.45) is 1.60. The molecule has 0 aliphatic carbocycles. The van der Waals surface area contributed by atoms with Crippen LogP contribution in [-0.2, 0) is 6.54 Å². The van der Waals surface area contributed by atoms with Crippen molar-refractivity contribution in [2.45, 2.75) is 20.4 Å². The molecule has 170 valence electrons. The highest BCUT2D eigenvalue weighted by Gasteiger charge is 2.20. The minimum atomic E-state index is -0.399. The first-order valence-corrected chi connectivity index (χ1v) is 11.8. The SMILES string of the molecule is CCN(CC)C(=O)Oc1ccc2c(ccn2Cc2ccccc2Cl)c1-c1cc(Cl)cc(Cl)c1. The molecule has 0 atom stereocenters. The van der Waals surface area contributed by atoms with Crippen LogP contribution in [0.5, 0.6) is 5.75 Å². The molecule has 1 heterocycles. The van der Waals surface area contributed by atoms with Crippen molar-refractivity contribution in [1.82, 2.24) is 9.47 Å². The van der Waals surface area contributed by atoms with Crippen LogP contribution in [0.1, 0.15) is 19.4 Å². The summed E-state index contributed by atoms with van der Waals surface area (Å²) in [5.74, 6) is 0.452. The fraction of sp³-hybridized carbons (Fsp3) is 0.192. The van der Waals surface area contributed by atoms with Crippen molar-refractivity contribution in [3.63, 3.8) is 0 Å². The Morgan fingerprint density at radius 1 is 0.939 bits per heavy atom. The van der Waals surface area contributed by atoms with Crippen molar-refractivity contribution in [2.24, 2.45) is 0 Å². The number of ether oxygens (including phenoxy) is 1. The number of halogens is 3. The minimum absolute atomic E-state index is 0.399. The molecule has 0 aliphatic heterocycles. The maximum absolute atomic E-state index is 12.7. The fourth-order valence-corrected chi connectivity index (χ4v) is 4.64. The number of rotatable bonds is 6.